The molecule has 0 bridgehead atoms. The van der Waals surface area contributed by atoms with Gasteiger partial charge in [-0.2, -0.15) is 0 Å². The van der Waals surface area contributed by atoms with Crippen LogP contribution in [0, 0.1) is 0 Å². The summed E-state index contributed by atoms with van der Waals surface area (Å²) in [6.45, 7) is 0.972. The Morgan fingerprint density at radius 2 is 2.31 bits per heavy atom. The molecule has 0 aliphatic carbocycles. The van der Waals surface area contributed by atoms with Crippen molar-refractivity contribution >= 4 is 5.95 Å². The second kappa shape index (κ2) is 3.53. The van der Waals surface area contributed by atoms with Gasteiger partial charge in [0.25, 0.3) is 0 Å². The maximum absolute atomic E-state index is 9.57. The fourth-order valence-electron chi connectivity index (χ4n) is 1.70. The van der Waals surface area contributed by atoms with Gasteiger partial charge in [0, 0.05) is 18.9 Å². The number of rotatable bonds is 1. The first-order valence-electron chi connectivity index (χ1n) is 4.96. The van der Waals surface area contributed by atoms with Crippen molar-refractivity contribution in [3.63, 3.8) is 0 Å². The Bertz CT molecular complexity index is 496. The zero-order valence-electron chi connectivity index (χ0n) is 8.41. The van der Waals surface area contributed by atoms with E-state index in [0.29, 0.717) is 30.6 Å². The van der Waals surface area contributed by atoms with Crippen LogP contribution in [0.4, 0.5) is 5.95 Å². The molecule has 0 radical (unpaired) electrons. The van der Waals surface area contributed by atoms with Gasteiger partial charge in [0.05, 0.1) is 18.8 Å². The fourth-order valence-corrected chi connectivity index (χ4v) is 1.70. The molecule has 2 aromatic heterocycles. The Labute approximate surface area is 91.2 Å². The molecule has 1 aliphatic heterocycles. The molecule has 7 heteroatoms. The van der Waals surface area contributed by atoms with Crippen molar-refractivity contribution in [1.29, 1.82) is 0 Å². The summed E-state index contributed by atoms with van der Waals surface area (Å²) in [5.74, 6) is 1.28. The summed E-state index contributed by atoms with van der Waals surface area (Å²) in [7, 11) is 0. The smallest absolute Gasteiger partial charge is 0.225 e. The number of hydrogen-bond donors (Lipinski definition) is 2. The zero-order chi connectivity index (χ0) is 11.0. The van der Waals surface area contributed by atoms with Crippen LogP contribution < -0.4 is 5.32 Å². The molecule has 0 aromatic carbocycles. The average molecular weight is 218 g/mol. The third-order valence-corrected chi connectivity index (χ3v) is 2.43. The SMILES string of the molecule is O[C@@H]1CNc2nnc(-c3cnccn3)n2C1. The number of hydrogen-bond acceptors (Lipinski definition) is 6. The van der Waals surface area contributed by atoms with Crippen LogP contribution in [0.15, 0.2) is 18.6 Å². The fraction of sp³-hybridized carbons (Fsp3) is 0.333. The maximum Gasteiger partial charge on any atom is 0.225 e. The summed E-state index contributed by atoms with van der Waals surface area (Å²) in [5.41, 5.74) is 0.650. The predicted octanol–water partition coefficient (Wildman–Crippen LogP) is -0.479. The number of β-amino-alcohol motifs (C(OH)–C–C–N with tert-alkyl or cyclic N) is 1. The molecule has 0 unspecified atom stereocenters. The normalized spacial score (nSPS) is 18.9. The van der Waals surface area contributed by atoms with Crippen LogP contribution in [0.2, 0.25) is 0 Å². The van der Waals surface area contributed by atoms with Crippen molar-refractivity contribution in [3.8, 4) is 11.5 Å². The van der Waals surface area contributed by atoms with E-state index in [2.05, 4.69) is 25.5 Å². The molecular formula is C9H10N6O. The standard InChI is InChI=1S/C9H10N6O/c16-6-3-12-9-14-13-8(15(9)5-6)7-4-10-1-2-11-7/h1-2,4,6,16H,3,5H2,(H,12,14)/t6-/m1/s1. The van der Waals surface area contributed by atoms with Gasteiger partial charge in [-0.15, -0.1) is 10.2 Å². The number of aliphatic hydroxyl groups is 1. The van der Waals surface area contributed by atoms with Crippen molar-refractivity contribution in [3.05, 3.63) is 18.6 Å². The minimum Gasteiger partial charge on any atom is -0.389 e. The maximum atomic E-state index is 9.57. The van der Waals surface area contributed by atoms with E-state index in [1.54, 1.807) is 23.2 Å². The van der Waals surface area contributed by atoms with Gasteiger partial charge in [-0.25, -0.2) is 4.98 Å². The van der Waals surface area contributed by atoms with Crippen LogP contribution >= 0.6 is 0 Å². The van der Waals surface area contributed by atoms with E-state index in [-0.39, 0.29) is 0 Å². The van der Waals surface area contributed by atoms with Crippen LogP contribution in [-0.4, -0.2) is 42.5 Å². The van der Waals surface area contributed by atoms with Crippen LogP contribution in [-0.2, 0) is 6.54 Å². The Morgan fingerprint density at radius 1 is 1.38 bits per heavy atom. The number of fused-ring (bicyclic) bond motifs is 1. The first-order valence-corrected chi connectivity index (χ1v) is 4.96. The van der Waals surface area contributed by atoms with E-state index in [1.165, 1.54) is 0 Å². The van der Waals surface area contributed by atoms with Gasteiger partial charge in [-0.05, 0) is 0 Å². The molecule has 2 N–H and O–H groups in total. The first kappa shape index (κ1) is 9.22. The van der Waals surface area contributed by atoms with Gasteiger partial charge < -0.3 is 10.4 Å². The van der Waals surface area contributed by atoms with Gasteiger partial charge in [0.15, 0.2) is 5.82 Å². The number of nitrogens with zero attached hydrogens (tertiary/aromatic N) is 5. The van der Waals surface area contributed by atoms with E-state index in [1.807, 2.05) is 0 Å². The molecule has 0 saturated heterocycles. The molecule has 1 aliphatic rings. The van der Waals surface area contributed by atoms with Gasteiger partial charge in [-0.1, -0.05) is 0 Å². The summed E-state index contributed by atoms with van der Waals surface area (Å²) in [6, 6.07) is 0. The number of aliphatic hydroxyl groups excluding tert-OH is 1. The topological polar surface area (TPSA) is 88.8 Å². The van der Waals surface area contributed by atoms with Crippen molar-refractivity contribution in [2.45, 2.75) is 12.6 Å². The van der Waals surface area contributed by atoms with Crippen molar-refractivity contribution < 1.29 is 5.11 Å². The minimum atomic E-state index is -0.432. The number of nitrogens with one attached hydrogen (secondary N) is 1. The van der Waals surface area contributed by atoms with Crippen LogP contribution in [0.3, 0.4) is 0 Å². The first-order chi connectivity index (χ1) is 7.84. The minimum absolute atomic E-state index is 0.432. The predicted molar refractivity (Wildman–Crippen MR) is 55.5 cm³/mol. The highest BCUT2D eigenvalue weighted by Gasteiger charge is 2.21. The molecule has 0 saturated carbocycles. The van der Waals surface area contributed by atoms with E-state index in [0.717, 1.165) is 0 Å². The van der Waals surface area contributed by atoms with Crippen LogP contribution in [0.1, 0.15) is 0 Å². The Kier molecular flexibility index (Phi) is 2.03. The van der Waals surface area contributed by atoms with Crippen molar-refractivity contribution in [2.75, 3.05) is 11.9 Å². The summed E-state index contributed by atoms with van der Waals surface area (Å²) in [4.78, 5) is 8.14. The molecule has 2 aromatic rings. The molecule has 0 fully saturated rings. The molecule has 82 valence electrons. The van der Waals surface area contributed by atoms with Gasteiger partial charge in [-0.3, -0.25) is 9.55 Å². The number of aromatic nitrogens is 5. The largest absolute Gasteiger partial charge is 0.389 e. The summed E-state index contributed by atoms with van der Waals surface area (Å²) in [6.07, 6.45) is 4.39. The third kappa shape index (κ3) is 1.41. The van der Waals surface area contributed by atoms with Crippen molar-refractivity contribution in [1.82, 2.24) is 24.7 Å². The quantitative estimate of drug-likeness (QED) is 0.672. The Hall–Kier alpha value is -2.02. The summed E-state index contributed by atoms with van der Waals surface area (Å²) >= 11 is 0. The lowest BCUT2D eigenvalue weighted by Gasteiger charge is -2.21. The Morgan fingerprint density at radius 3 is 3.12 bits per heavy atom. The van der Waals surface area contributed by atoms with E-state index in [4.69, 9.17) is 0 Å². The second-order valence-corrected chi connectivity index (χ2v) is 3.58. The van der Waals surface area contributed by atoms with Crippen LogP contribution in [0.5, 0.6) is 0 Å². The lowest BCUT2D eigenvalue weighted by atomic mass is 10.3. The highest BCUT2D eigenvalue weighted by atomic mass is 16.3. The lowest BCUT2D eigenvalue weighted by molar-refractivity contribution is 0.160. The molecule has 0 spiro atoms. The van der Waals surface area contributed by atoms with E-state index < -0.39 is 6.10 Å². The monoisotopic (exact) mass is 218 g/mol. The molecule has 3 rings (SSSR count). The average Bonchev–Trinajstić information content (AvgIpc) is 2.73. The molecule has 1 atom stereocenters. The van der Waals surface area contributed by atoms with Crippen molar-refractivity contribution in [2.24, 2.45) is 0 Å². The Balaban J connectivity index is 2.07. The molecule has 7 nitrogen and oxygen atoms in total. The molecular weight excluding hydrogens is 208 g/mol. The highest BCUT2D eigenvalue weighted by molar-refractivity contribution is 5.51. The third-order valence-electron chi connectivity index (χ3n) is 2.43. The molecule has 3 heterocycles. The van der Waals surface area contributed by atoms with Gasteiger partial charge in [0.2, 0.25) is 5.95 Å². The van der Waals surface area contributed by atoms with Gasteiger partial charge >= 0.3 is 0 Å². The second-order valence-electron chi connectivity index (χ2n) is 3.58. The highest BCUT2D eigenvalue weighted by Crippen LogP contribution is 2.20. The summed E-state index contributed by atoms with van der Waals surface area (Å²) < 4.78 is 1.80. The van der Waals surface area contributed by atoms with E-state index in [9.17, 15) is 5.11 Å². The zero-order valence-corrected chi connectivity index (χ0v) is 8.41. The lowest BCUT2D eigenvalue weighted by Crippen LogP contribution is -2.31. The summed E-state index contributed by atoms with van der Waals surface area (Å²) in [5, 5.41) is 20.6. The molecule has 0 amide bonds. The van der Waals surface area contributed by atoms with Gasteiger partial charge in [0.1, 0.15) is 5.69 Å². The molecule has 16 heavy (non-hydrogen) atoms. The van der Waals surface area contributed by atoms with Crippen LogP contribution in [0.25, 0.3) is 11.5 Å². The number of anilines is 1. The van der Waals surface area contributed by atoms with E-state index >= 15 is 0 Å².